The smallest absolute Gasteiger partial charge is 0.0506 e. The molecule has 0 aliphatic carbocycles. The fourth-order valence-electron chi connectivity index (χ4n) is 3.97. The van der Waals surface area contributed by atoms with E-state index in [1.165, 1.54) is 64.7 Å². The van der Waals surface area contributed by atoms with Gasteiger partial charge in [-0.25, -0.2) is 0 Å². The van der Waals surface area contributed by atoms with Crippen LogP contribution in [0.25, 0.3) is 0 Å². The number of nitrogens with zero attached hydrogens (tertiary/aromatic N) is 1. The lowest BCUT2D eigenvalue weighted by Gasteiger charge is -2.37. The Bertz CT molecular complexity index is 239. The zero-order chi connectivity index (χ0) is 12.2. The predicted molar refractivity (Wildman–Crippen MR) is 73.7 cm³/mol. The summed E-state index contributed by atoms with van der Waals surface area (Å²) in [5.74, 6) is 1.76. The fraction of sp³-hybridized carbons (Fsp3) is 1.00. The number of nitrogens with one attached hydrogen (secondary N) is 1. The molecule has 0 amide bonds. The summed E-state index contributed by atoms with van der Waals surface area (Å²) in [4.78, 5) is 2.69. The van der Waals surface area contributed by atoms with Crippen LogP contribution in [0.3, 0.4) is 0 Å². The van der Waals surface area contributed by atoms with Gasteiger partial charge in [0.1, 0.15) is 0 Å². The molecule has 0 aromatic rings. The summed E-state index contributed by atoms with van der Waals surface area (Å²) in [6.45, 7) is 7.17. The zero-order valence-electron chi connectivity index (χ0n) is 11.6. The molecule has 3 fully saturated rings. The predicted octanol–water partition coefficient (Wildman–Crippen LogP) is 1.88. The van der Waals surface area contributed by atoms with Crippen LogP contribution in [0.15, 0.2) is 0 Å². The van der Waals surface area contributed by atoms with Crippen LogP contribution in [0.5, 0.6) is 0 Å². The minimum atomic E-state index is 0.805. The Balaban J connectivity index is 1.39. The molecule has 2 unspecified atom stereocenters. The molecular formula is C15H28N2O. The lowest BCUT2D eigenvalue weighted by molar-refractivity contribution is 0.0315. The summed E-state index contributed by atoms with van der Waals surface area (Å²) in [6, 6.07) is 0.838. The van der Waals surface area contributed by atoms with Gasteiger partial charge >= 0.3 is 0 Å². The van der Waals surface area contributed by atoms with E-state index in [-0.39, 0.29) is 0 Å². The van der Waals surface area contributed by atoms with Crippen LogP contribution in [-0.2, 0) is 4.74 Å². The topological polar surface area (TPSA) is 24.5 Å². The molecule has 0 bridgehead atoms. The molecule has 2 atom stereocenters. The number of hydrogen-bond acceptors (Lipinski definition) is 3. The fourth-order valence-corrected chi connectivity index (χ4v) is 3.97. The minimum Gasteiger partial charge on any atom is -0.381 e. The van der Waals surface area contributed by atoms with Gasteiger partial charge in [0.15, 0.2) is 0 Å². The van der Waals surface area contributed by atoms with Crippen LogP contribution in [0.1, 0.15) is 38.5 Å². The molecule has 1 N–H and O–H groups in total. The van der Waals surface area contributed by atoms with Crippen molar-refractivity contribution in [1.29, 1.82) is 0 Å². The van der Waals surface area contributed by atoms with E-state index in [4.69, 9.17) is 4.74 Å². The molecule has 3 heteroatoms. The highest BCUT2D eigenvalue weighted by Gasteiger charge is 2.29. The van der Waals surface area contributed by atoms with Gasteiger partial charge in [0.2, 0.25) is 0 Å². The van der Waals surface area contributed by atoms with E-state index in [0.717, 1.165) is 31.1 Å². The first-order valence-electron chi connectivity index (χ1n) is 7.95. The summed E-state index contributed by atoms with van der Waals surface area (Å²) in [7, 11) is 0. The van der Waals surface area contributed by atoms with Gasteiger partial charge in [-0.1, -0.05) is 0 Å². The molecule has 3 aliphatic heterocycles. The molecule has 0 spiro atoms. The Morgan fingerprint density at radius 3 is 2.61 bits per heavy atom. The maximum Gasteiger partial charge on any atom is 0.0506 e. The van der Waals surface area contributed by atoms with Gasteiger partial charge in [0, 0.05) is 19.2 Å². The largest absolute Gasteiger partial charge is 0.381 e. The van der Waals surface area contributed by atoms with Crippen LogP contribution >= 0.6 is 0 Å². The molecular weight excluding hydrogens is 224 g/mol. The van der Waals surface area contributed by atoms with Crippen LogP contribution < -0.4 is 5.32 Å². The third kappa shape index (κ3) is 3.25. The normalized spacial score (nSPS) is 36.0. The van der Waals surface area contributed by atoms with E-state index in [0.29, 0.717) is 0 Å². The first kappa shape index (κ1) is 12.9. The number of hydrogen-bond donors (Lipinski definition) is 1. The second-order valence-corrected chi connectivity index (χ2v) is 6.42. The third-order valence-corrected chi connectivity index (χ3v) is 5.07. The molecule has 3 saturated heterocycles. The van der Waals surface area contributed by atoms with Crippen molar-refractivity contribution in [2.45, 2.75) is 44.6 Å². The standard InChI is InChI=1S/C15H28N2O/c1-4-15(16-7-1)14-5-8-17(9-6-14)11-13-3-2-10-18-12-13/h13-16H,1-12H2. The Hall–Kier alpha value is -0.120. The first-order chi connectivity index (χ1) is 8.92. The minimum absolute atomic E-state index is 0.805. The van der Waals surface area contributed by atoms with E-state index >= 15 is 0 Å². The van der Waals surface area contributed by atoms with Gasteiger partial charge < -0.3 is 15.0 Å². The van der Waals surface area contributed by atoms with Gasteiger partial charge in [-0.2, -0.15) is 0 Å². The zero-order valence-corrected chi connectivity index (χ0v) is 11.6. The summed E-state index contributed by atoms with van der Waals surface area (Å²) in [5.41, 5.74) is 0. The Kier molecular flexibility index (Phi) is 4.55. The van der Waals surface area contributed by atoms with Gasteiger partial charge in [0.25, 0.3) is 0 Å². The molecule has 18 heavy (non-hydrogen) atoms. The van der Waals surface area contributed by atoms with Crippen LogP contribution in [-0.4, -0.2) is 50.3 Å². The number of piperidine rings is 1. The third-order valence-electron chi connectivity index (χ3n) is 5.07. The second-order valence-electron chi connectivity index (χ2n) is 6.42. The molecule has 3 nitrogen and oxygen atoms in total. The monoisotopic (exact) mass is 252 g/mol. The van der Waals surface area contributed by atoms with Crippen molar-refractivity contribution < 1.29 is 4.74 Å². The highest BCUT2D eigenvalue weighted by Crippen LogP contribution is 2.26. The lowest BCUT2D eigenvalue weighted by atomic mass is 9.88. The second kappa shape index (κ2) is 6.36. The molecule has 104 valence electrons. The van der Waals surface area contributed by atoms with E-state index in [2.05, 4.69) is 10.2 Å². The molecule has 0 aromatic carbocycles. The molecule has 3 rings (SSSR count). The molecule has 0 saturated carbocycles. The molecule has 3 heterocycles. The van der Waals surface area contributed by atoms with Gasteiger partial charge in [0.05, 0.1) is 6.61 Å². The molecule has 0 aromatic heterocycles. The quantitative estimate of drug-likeness (QED) is 0.830. The maximum atomic E-state index is 5.59. The van der Waals surface area contributed by atoms with Crippen molar-refractivity contribution in [3.63, 3.8) is 0 Å². The Morgan fingerprint density at radius 1 is 1.06 bits per heavy atom. The van der Waals surface area contributed by atoms with Crippen molar-refractivity contribution in [2.24, 2.45) is 11.8 Å². The SMILES string of the molecule is C1COCC(CN2CCC(C3CCCN3)CC2)C1. The Labute approximate surface area is 111 Å². The lowest BCUT2D eigenvalue weighted by Crippen LogP contribution is -2.43. The average molecular weight is 252 g/mol. The van der Waals surface area contributed by atoms with Gasteiger partial charge in [-0.3, -0.25) is 0 Å². The summed E-state index contributed by atoms with van der Waals surface area (Å²) >= 11 is 0. The molecule has 0 radical (unpaired) electrons. The van der Waals surface area contributed by atoms with Crippen molar-refractivity contribution in [1.82, 2.24) is 10.2 Å². The summed E-state index contributed by atoms with van der Waals surface area (Å²) < 4.78 is 5.59. The van der Waals surface area contributed by atoms with Crippen molar-refractivity contribution in [3.8, 4) is 0 Å². The summed E-state index contributed by atoms with van der Waals surface area (Å²) in [6.07, 6.45) is 8.28. The van der Waals surface area contributed by atoms with E-state index < -0.39 is 0 Å². The number of rotatable bonds is 3. The number of likely N-dealkylation sites (tertiary alicyclic amines) is 1. The van der Waals surface area contributed by atoms with E-state index in [1.807, 2.05) is 0 Å². The van der Waals surface area contributed by atoms with Crippen molar-refractivity contribution in [3.05, 3.63) is 0 Å². The van der Waals surface area contributed by atoms with E-state index in [9.17, 15) is 0 Å². The van der Waals surface area contributed by atoms with Crippen LogP contribution in [0, 0.1) is 11.8 Å². The highest BCUT2D eigenvalue weighted by molar-refractivity contribution is 4.86. The highest BCUT2D eigenvalue weighted by atomic mass is 16.5. The summed E-state index contributed by atoms with van der Waals surface area (Å²) in [5, 5.41) is 3.68. The maximum absolute atomic E-state index is 5.59. The van der Waals surface area contributed by atoms with Gasteiger partial charge in [-0.15, -0.1) is 0 Å². The van der Waals surface area contributed by atoms with Crippen LogP contribution in [0.4, 0.5) is 0 Å². The first-order valence-corrected chi connectivity index (χ1v) is 7.95. The average Bonchev–Trinajstić information content (AvgIpc) is 2.95. The van der Waals surface area contributed by atoms with E-state index in [1.54, 1.807) is 0 Å². The van der Waals surface area contributed by atoms with Crippen molar-refractivity contribution >= 4 is 0 Å². The van der Waals surface area contributed by atoms with Crippen molar-refractivity contribution in [2.75, 3.05) is 39.4 Å². The van der Waals surface area contributed by atoms with Gasteiger partial charge in [-0.05, 0) is 70.0 Å². The molecule has 3 aliphatic rings. The Morgan fingerprint density at radius 2 is 1.94 bits per heavy atom. The van der Waals surface area contributed by atoms with Crippen LogP contribution in [0.2, 0.25) is 0 Å². The number of ether oxygens (including phenoxy) is 1.